The number of nitrogens with one attached hydrogen (secondary N) is 1. The molecule has 0 fully saturated rings. The van der Waals surface area contributed by atoms with Gasteiger partial charge in [0, 0.05) is 11.3 Å². The van der Waals surface area contributed by atoms with E-state index in [-0.39, 0.29) is 5.91 Å². The van der Waals surface area contributed by atoms with Crippen LogP contribution in [-0.2, 0) is 6.42 Å². The molecule has 1 amide bonds. The lowest BCUT2D eigenvalue weighted by Gasteiger charge is -2.11. The van der Waals surface area contributed by atoms with E-state index < -0.39 is 0 Å². The molecule has 0 aliphatic carbocycles. The fraction of sp³-hybridized carbons (Fsp3) is 0.0952. The van der Waals surface area contributed by atoms with Gasteiger partial charge in [0.05, 0.1) is 0 Å². The van der Waals surface area contributed by atoms with Crippen molar-refractivity contribution in [3.05, 3.63) is 101 Å². The van der Waals surface area contributed by atoms with Crippen molar-refractivity contribution in [2.75, 3.05) is 5.32 Å². The number of rotatable bonds is 4. The van der Waals surface area contributed by atoms with Gasteiger partial charge in [0.1, 0.15) is 0 Å². The molecule has 0 radical (unpaired) electrons. The van der Waals surface area contributed by atoms with Gasteiger partial charge in [-0.3, -0.25) is 4.79 Å². The van der Waals surface area contributed by atoms with Gasteiger partial charge in [0.15, 0.2) is 0 Å². The predicted molar refractivity (Wildman–Crippen MR) is 94.8 cm³/mol. The number of benzene rings is 3. The summed E-state index contributed by atoms with van der Waals surface area (Å²) in [5.41, 5.74) is 5.02. The van der Waals surface area contributed by atoms with Crippen molar-refractivity contribution in [1.82, 2.24) is 0 Å². The lowest BCUT2D eigenvalue weighted by Crippen LogP contribution is -2.13. The van der Waals surface area contributed by atoms with Gasteiger partial charge in [-0.1, -0.05) is 66.2 Å². The molecule has 114 valence electrons. The summed E-state index contributed by atoms with van der Waals surface area (Å²) in [6.45, 7) is 2.01. The van der Waals surface area contributed by atoms with Crippen LogP contribution in [0, 0.1) is 6.92 Å². The minimum Gasteiger partial charge on any atom is -0.322 e. The molecule has 0 aliphatic heterocycles. The largest absolute Gasteiger partial charge is 0.322 e. The first kappa shape index (κ1) is 15.0. The average molecular weight is 301 g/mol. The SMILES string of the molecule is Cc1ccc(C(=O)Nc2ccccc2Cc2ccccc2)cc1. The molecular weight excluding hydrogens is 282 g/mol. The first-order valence-electron chi connectivity index (χ1n) is 7.72. The highest BCUT2D eigenvalue weighted by Gasteiger charge is 2.09. The molecule has 2 heteroatoms. The number of anilines is 1. The van der Waals surface area contributed by atoms with Gasteiger partial charge in [-0.25, -0.2) is 0 Å². The van der Waals surface area contributed by atoms with Crippen LogP contribution >= 0.6 is 0 Å². The van der Waals surface area contributed by atoms with Crippen LogP contribution < -0.4 is 5.32 Å². The zero-order chi connectivity index (χ0) is 16.1. The van der Waals surface area contributed by atoms with E-state index in [4.69, 9.17) is 0 Å². The molecule has 2 nitrogen and oxygen atoms in total. The summed E-state index contributed by atoms with van der Waals surface area (Å²) in [6, 6.07) is 25.8. The van der Waals surface area contributed by atoms with Crippen LogP contribution in [0.1, 0.15) is 27.0 Å². The van der Waals surface area contributed by atoms with E-state index in [2.05, 4.69) is 23.5 Å². The van der Waals surface area contributed by atoms with Crippen LogP contribution in [0.15, 0.2) is 78.9 Å². The Morgan fingerprint density at radius 3 is 2.22 bits per heavy atom. The number of carbonyl (C=O) groups excluding carboxylic acids is 1. The van der Waals surface area contributed by atoms with Gasteiger partial charge in [-0.2, -0.15) is 0 Å². The minimum absolute atomic E-state index is 0.0782. The average Bonchev–Trinajstić information content (AvgIpc) is 2.58. The third-order valence-electron chi connectivity index (χ3n) is 3.82. The van der Waals surface area contributed by atoms with Crippen molar-refractivity contribution in [2.45, 2.75) is 13.3 Å². The highest BCUT2D eigenvalue weighted by atomic mass is 16.1. The molecule has 0 unspecified atom stereocenters. The van der Waals surface area contributed by atoms with Gasteiger partial charge in [-0.05, 0) is 42.7 Å². The Balaban J connectivity index is 1.80. The summed E-state index contributed by atoms with van der Waals surface area (Å²) in [5, 5.41) is 3.03. The van der Waals surface area contributed by atoms with Crippen molar-refractivity contribution in [3.63, 3.8) is 0 Å². The van der Waals surface area contributed by atoms with E-state index >= 15 is 0 Å². The molecule has 1 N–H and O–H groups in total. The van der Waals surface area contributed by atoms with Crippen LogP contribution in [0.5, 0.6) is 0 Å². The molecule has 3 aromatic carbocycles. The van der Waals surface area contributed by atoms with Gasteiger partial charge < -0.3 is 5.32 Å². The summed E-state index contributed by atoms with van der Waals surface area (Å²) in [4.78, 5) is 12.4. The fourth-order valence-electron chi connectivity index (χ4n) is 2.51. The quantitative estimate of drug-likeness (QED) is 0.734. The van der Waals surface area contributed by atoms with E-state index in [9.17, 15) is 4.79 Å². The van der Waals surface area contributed by atoms with E-state index in [0.29, 0.717) is 5.56 Å². The molecule has 0 saturated carbocycles. The second kappa shape index (κ2) is 6.93. The highest BCUT2D eigenvalue weighted by Crippen LogP contribution is 2.20. The second-order valence-electron chi connectivity index (χ2n) is 5.64. The summed E-state index contributed by atoms with van der Waals surface area (Å²) in [7, 11) is 0. The molecule has 0 atom stereocenters. The van der Waals surface area contributed by atoms with Crippen molar-refractivity contribution in [2.24, 2.45) is 0 Å². The maximum atomic E-state index is 12.4. The normalized spacial score (nSPS) is 10.3. The number of para-hydroxylation sites is 1. The van der Waals surface area contributed by atoms with Gasteiger partial charge in [0.25, 0.3) is 5.91 Å². The Morgan fingerprint density at radius 1 is 0.826 bits per heavy atom. The van der Waals surface area contributed by atoms with Gasteiger partial charge in [-0.15, -0.1) is 0 Å². The summed E-state index contributed by atoms with van der Waals surface area (Å²) in [5.74, 6) is -0.0782. The Bertz CT molecular complexity index is 792. The summed E-state index contributed by atoms with van der Waals surface area (Å²) >= 11 is 0. The van der Waals surface area contributed by atoms with Crippen LogP contribution in [0.25, 0.3) is 0 Å². The summed E-state index contributed by atoms with van der Waals surface area (Å²) < 4.78 is 0. The molecule has 3 rings (SSSR count). The van der Waals surface area contributed by atoms with E-state index in [1.165, 1.54) is 5.56 Å². The standard InChI is InChI=1S/C21H19NO/c1-16-11-13-18(14-12-16)21(23)22-20-10-6-5-9-19(20)15-17-7-3-2-4-8-17/h2-14H,15H2,1H3,(H,22,23). The smallest absolute Gasteiger partial charge is 0.255 e. The Labute approximate surface area is 136 Å². The Hall–Kier alpha value is -2.87. The number of amides is 1. The molecule has 0 bridgehead atoms. The fourth-order valence-corrected chi connectivity index (χ4v) is 2.51. The lowest BCUT2D eigenvalue weighted by molar-refractivity contribution is 0.102. The first-order chi connectivity index (χ1) is 11.2. The van der Waals surface area contributed by atoms with E-state index in [1.807, 2.05) is 67.6 Å². The van der Waals surface area contributed by atoms with Crippen LogP contribution in [0.3, 0.4) is 0 Å². The molecule has 0 aliphatic rings. The maximum absolute atomic E-state index is 12.4. The molecule has 0 aromatic heterocycles. The third-order valence-corrected chi connectivity index (χ3v) is 3.82. The number of hydrogen-bond acceptors (Lipinski definition) is 1. The monoisotopic (exact) mass is 301 g/mol. The molecule has 3 aromatic rings. The first-order valence-corrected chi connectivity index (χ1v) is 7.72. The van der Waals surface area contributed by atoms with Crippen LogP contribution in [-0.4, -0.2) is 5.91 Å². The Kier molecular flexibility index (Phi) is 4.53. The molecule has 0 heterocycles. The zero-order valence-electron chi connectivity index (χ0n) is 13.1. The van der Waals surface area contributed by atoms with Crippen molar-refractivity contribution >= 4 is 11.6 Å². The lowest BCUT2D eigenvalue weighted by atomic mass is 10.0. The van der Waals surface area contributed by atoms with Crippen LogP contribution in [0.2, 0.25) is 0 Å². The topological polar surface area (TPSA) is 29.1 Å². The van der Waals surface area contributed by atoms with Crippen LogP contribution in [0.4, 0.5) is 5.69 Å². The zero-order valence-corrected chi connectivity index (χ0v) is 13.1. The van der Waals surface area contributed by atoms with Crippen molar-refractivity contribution in [1.29, 1.82) is 0 Å². The minimum atomic E-state index is -0.0782. The number of aryl methyl sites for hydroxylation is 1. The Morgan fingerprint density at radius 2 is 1.48 bits per heavy atom. The molecule has 0 spiro atoms. The van der Waals surface area contributed by atoms with Gasteiger partial charge >= 0.3 is 0 Å². The second-order valence-corrected chi connectivity index (χ2v) is 5.64. The maximum Gasteiger partial charge on any atom is 0.255 e. The predicted octanol–water partition coefficient (Wildman–Crippen LogP) is 4.84. The summed E-state index contributed by atoms with van der Waals surface area (Å²) in [6.07, 6.45) is 0.797. The van der Waals surface area contributed by atoms with E-state index in [0.717, 1.165) is 23.2 Å². The van der Waals surface area contributed by atoms with Crippen molar-refractivity contribution in [3.8, 4) is 0 Å². The third kappa shape index (κ3) is 3.86. The van der Waals surface area contributed by atoms with E-state index in [1.54, 1.807) is 0 Å². The molecular formula is C21H19NO. The number of carbonyl (C=O) groups is 1. The number of hydrogen-bond donors (Lipinski definition) is 1. The highest BCUT2D eigenvalue weighted by molar-refractivity contribution is 6.04. The van der Waals surface area contributed by atoms with Gasteiger partial charge in [0.2, 0.25) is 0 Å². The molecule has 23 heavy (non-hydrogen) atoms. The van der Waals surface area contributed by atoms with Crippen molar-refractivity contribution < 1.29 is 4.79 Å². The molecule has 0 saturated heterocycles.